The van der Waals surface area contributed by atoms with Crippen LogP contribution >= 0.6 is 0 Å². The van der Waals surface area contributed by atoms with E-state index in [0.717, 1.165) is 24.8 Å². The lowest BCUT2D eigenvalue weighted by Crippen LogP contribution is -2.34. The smallest absolute Gasteiger partial charge is 0.0431 e. The average molecular weight is 199 g/mol. The average Bonchev–Trinajstić information content (AvgIpc) is 2.62. The van der Waals surface area contributed by atoms with E-state index in [9.17, 15) is 0 Å². The van der Waals surface area contributed by atoms with Gasteiger partial charge in [-0.1, -0.05) is 13.3 Å². The Morgan fingerprint density at radius 2 is 2.21 bits per heavy atom. The number of hydrogen-bond donors (Lipinski definition) is 2. The van der Waals surface area contributed by atoms with Crippen molar-refractivity contribution in [1.82, 2.24) is 5.32 Å². The molecule has 0 aromatic rings. The zero-order chi connectivity index (χ0) is 10.4. The lowest BCUT2D eigenvalue weighted by atomic mass is 10.1. The molecule has 0 radical (unpaired) electrons. The molecule has 1 rings (SSSR count). The molecule has 1 saturated carbocycles. The van der Waals surface area contributed by atoms with Crippen LogP contribution in [0.25, 0.3) is 0 Å². The Balaban J connectivity index is 2.12. The van der Waals surface area contributed by atoms with Crippen molar-refractivity contribution in [3.05, 3.63) is 0 Å². The van der Waals surface area contributed by atoms with E-state index in [-0.39, 0.29) is 0 Å². The molecular weight excluding hydrogens is 174 g/mol. The SMILES string of the molecule is CCC1CCC(NC(C)CCCO)C1. The number of aliphatic hydroxyl groups excluding tert-OH is 1. The second kappa shape index (κ2) is 6.41. The van der Waals surface area contributed by atoms with Gasteiger partial charge in [-0.25, -0.2) is 0 Å². The number of rotatable bonds is 6. The minimum absolute atomic E-state index is 0.328. The van der Waals surface area contributed by atoms with E-state index in [0.29, 0.717) is 12.6 Å². The van der Waals surface area contributed by atoms with E-state index < -0.39 is 0 Å². The standard InChI is InChI=1S/C12H25NO/c1-3-11-6-7-12(9-11)13-10(2)5-4-8-14/h10-14H,3-9H2,1-2H3. The molecule has 84 valence electrons. The summed E-state index contributed by atoms with van der Waals surface area (Å²) in [5.41, 5.74) is 0. The Morgan fingerprint density at radius 1 is 1.43 bits per heavy atom. The Kier molecular flexibility index (Phi) is 5.49. The fourth-order valence-corrected chi connectivity index (χ4v) is 2.48. The highest BCUT2D eigenvalue weighted by molar-refractivity contribution is 4.81. The Hall–Kier alpha value is -0.0800. The van der Waals surface area contributed by atoms with Gasteiger partial charge in [-0.2, -0.15) is 0 Å². The molecule has 0 spiro atoms. The maximum Gasteiger partial charge on any atom is 0.0431 e. The Morgan fingerprint density at radius 3 is 2.79 bits per heavy atom. The van der Waals surface area contributed by atoms with Crippen molar-refractivity contribution in [2.45, 2.75) is 64.5 Å². The minimum atomic E-state index is 0.328. The van der Waals surface area contributed by atoms with E-state index in [1.807, 2.05) is 0 Å². The predicted octanol–water partition coefficient (Wildman–Crippen LogP) is 2.32. The highest BCUT2D eigenvalue weighted by Crippen LogP contribution is 2.28. The van der Waals surface area contributed by atoms with Crippen LogP contribution in [0.1, 0.15) is 52.4 Å². The van der Waals surface area contributed by atoms with Gasteiger partial charge in [-0.05, 0) is 44.9 Å². The van der Waals surface area contributed by atoms with Gasteiger partial charge in [0.25, 0.3) is 0 Å². The molecule has 1 aliphatic rings. The van der Waals surface area contributed by atoms with Crippen molar-refractivity contribution in [2.75, 3.05) is 6.61 Å². The summed E-state index contributed by atoms with van der Waals surface area (Å²) in [6, 6.07) is 1.32. The van der Waals surface area contributed by atoms with Crippen molar-refractivity contribution < 1.29 is 5.11 Å². The minimum Gasteiger partial charge on any atom is -0.396 e. The second-order valence-corrected chi connectivity index (χ2v) is 4.72. The van der Waals surface area contributed by atoms with Gasteiger partial charge in [-0.3, -0.25) is 0 Å². The summed E-state index contributed by atoms with van der Waals surface area (Å²) in [5, 5.41) is 12.4. The largest absolute Gasteiger partial charge is 0.396 e. The van der Waals surface area contributed by atoms with Crippen LogP contribution in [0, 0.1) is 5.92 Å². The van der Waals surface area contributed by atoms with E-state index in [4.69, 9.17) is 5.11 Å². The molecule has 14 heavy (non-hydrogen) atoms. The van der Waals surface area contributed by atoms with Crippen LogP contribution in [0.2, 0.25) is 0 Å². The van der Waals surface area contributed by atoms with E-state index >= 15 is 0 Å². The fourth-order valence-electron chi connectivity index (χ4n) is 2.48. The molecule has 0 aromatic carbocycles. The van der Waals surface area contributed by atoms with Gasteiger partial charge in [0, 0.05) is 18.7 Å². The molecule has 0 aliphatic heterocycles. The molecule has 2 N–H and O–H groups in total. The van der Waals surface area contributed by atoms with Crippen molar-refractivity contribution in [3.8, 4) is 0 Å². The summed E-state index contributed by atoms with van der Waals surface area (Å²) in [5.74, 6) is 0.956. The highest BCUT2D eigenvalue weighted by atomic mass is 16.2. The highest BCUT2D eigenvalue weighted by Gasteiger charge is 2.23. The molecule has 0 heterocycles. The van der Waals surface area contributed by atoms with Gasteiger partial charge in [0.15, 0.2) is 0 Å². The Bertz CT molecular complexity index is 149. The second-order valence-electron chi connectivity index (χ2n) is 4.72. The molecule has 0 amide bonds. The van der Waals surface area contributed by atoms with Crippen molar-refractivity contribution in [1.29, 1.82) is 0 Å². The molecule has 1 aliphatic carbocycles. The van der Waals surface area contributed by atoms with E-state index in [2.05, 4.69) is 19.2 Å². The summed E-state index contributed by atoms with van der Waals surface area (Å²) >= 11 is 0. The topological polar surface area (TPSA) is 32.3 Å². The van der Waals surface area contributed by atoms with E-state index in [1.165, 1.54) is 25.7 Å². The van der Waals surface area contributed by atoms with Crippen molar-refractivity contribution >= 4 is 0 Å². The molecule has 0 bridgehead atoms. The molecule has 0 aromatic heterocycles. The molecule has 2 heteroatoms. The lowest BCUT2D eigenvalue weighted by molar-refractivity contribution is 0.273. The first-order chi connectivity index (χ1) is 6.76. The molecular formula is C12H25NO. The maximum atomic E-state index is 8.73. The maximum absolute atomic E-state index is 8.73. The summed E-state index contributed by atoms with van der Waals surface area (Å²) in [4.78, 5) is 0. The van der Waals surface area contributed by atoms with Gasteiger partial charge in [0.1, 0.15) is 0 Å². The van der Waals surface area contributed by atoms with Crippen LogP contribution < -0.4 is 5.32 Å². The predicted molar refractivity (Wildman–Crippen MR) is 60.3 cm³/mol. The lowest BCUT2D eigenvalue weighted by Gasteiger charge is -2.19. The number of hydrogen-bond acceptors (Lipinski definition) is 2. The third-order valence-corrected chi connectivity index (χ3v) is 3.43. The van der Waals surface area contributed by atoms with E-state index in [1.54, 1.807) is 0 Å². The fraction of sp³-hybridized carbons (Fsp3) is 1.00. The first-order valence-electron chi connectivity index (χ1n) is 6.13. The van der Waals surface area contributed by atoms with Crippen molar-refractivity contribution in [3.63, 3.8) is 0 Å². The number of aliphatic hydroxyl groups is 1. The molecule has 1 fully saturated rings. The van der Waals surface area contributed by atoms with Crippen LogP contribution in [0.4, 0.5) is 0 Å². The molecule has 0 saturated heterocycles. The van der Waals surface area contributed by atoms with Crippen molar-refractivity contribution in [2.24, 2.45) is 5.92 Å². The zero-order valence-corrected chi connectivity index (χ0v) is 9.63. The number of nitrogens with one attached hydrogen (secondary N) is 1. The van der Waals surface area contributed by atoms with Gasteiger partial charge in [0.05, 0.1) is 0 Å². The van der Waals surface area contributed by atoms with Gasteiger partial charge >= 0.3 is 0 Å². The zero-order valence-electron chi connectivity index (χ0n) is 9.63. The molecule has 2 nitrogen and oxygen atoms in total. The van der Waals surface area contributed by atoms with Gasteiger partial charge in [-0.15, -0.1) is 0 Å². The first kappa shape index (κ1) is 12.0. The molecule has 3 atom stereocenters. The summed E-state index contributed by atoms with van der Waals surface area (Å²) in [7, 11) is 0. The summed E-state index contributed by atoms with van der Waals surface area (Å²) in [6.07, 6.45) is 7.48. The Labute approximate surface area is 88.1 Å². The normalized spacial score (nSPS) is 29.4. The van der Waals surface area contributed by atoms with Gasteiger partial charge in [0.2, 0.25) is 0 Å². The summed E-state index contributed by atoms with van der Waals surface area (Å²) < 4.78 is 0. The van der Waals surface area contributed by atoms with Gasteiger partial charge < -0.3 is 10.4 Å². The quantitative estimate of drug-likeness (QED) is 0.688. The monoisotopic (exact) mass is 199 g/mol. The summed E-state index contributed by atoms with van der Waals surface area (Å²) in [6.45, 7) is 4.85. The van der Waals surface area contributed by atoms with Crippen LogP contribution in [-0.2, 0) is 0 Å². The first-order valence-corrected chi connectivity index (χ1v) is 6.13. The van der Waals surface area contributed by atoms with Crippen LogP contribution in [-0.4, -0.2) is 23.8 Å². The third kappa shape index (κ3) is 3.97. The van der Waals surface area contributed by atoms with Crippen LogP contribution in [0.3, 0.4) is 0 Å². The van der Waals surface area contributed by atoms with Crippen LogP contribution in [0.5, 0.6) is 0 Å². The van der Waals surface area contributed by atoms with Crippen LogP contribution in [0.15, 0.2) is 0 Å². The molecule has 3 unspecified atom stereocenters. The third-order valence-electron chi connectivity index (χ3n) is 3.43.